The van der Waals surface area contributed by atoms with E-state index in [1.54, 1.807) is 10.6 Å². The van der Waals surface area contributed by atoms with Crippen LogP contribution in [0.1, 0.15) is 32.9 Å². The van der Waals surface area contributed by atoms with Gasteiger partial charge in [-0.3, -0.25) is 4.79 Å². The van der Waals surface area contributed by atoms with E-state index in [1.807, 2.05) is 6.07 Å². The van der Waals surface area contributed by atoms with Gasteiger partial charge in [-0.1, -0.05) is 20.8 Å². The fourth-order valence-corrected chi connectivity index (χ4v) is 1.70. The summed E-state index contributed by atoms with van der Waals surface area (Å²) in [5, 5.41) is 0. The second-order valence-electron chi connectivity index (χ2n) is 4.33. The first kappa shape index (κ1) is 11.8. The van der Waals surface area contributed by atoms with Crippen molar-refractivity contribution in [3.63, 3.8) is 0 Å². The number of pyridine rings is 1. The van der Waals surface area contributed by atoms with Gasteiger partial charge in [-0.05, 0) is 30.9 Å². The molecule has 1 rings (SSSR count). The van der Waals surface area contributed by atoms with E-state index in [2.05, 4.69) is 20.8 Å². The van der Waals surface area contributed by atoms with Crippen molar-refractivity contribution >= 4 is 5.69 Å². The molecule has 0 unspecified atom stereocenters. The Morgan fingerprint density at radius 3 is 2.60 bits per heavy atom. The third-order valence-electron chi connectivity index (χ3n) is 2.36. The van der Waals surface area contributed by atoms with Gasteiger partial charge in [0.1, 0.15) is 0 Å². The van der Waals surface area contributed by atoms with Gasteiger partial charge in [-0.15, -0.1) is 0 Å². The van der Waals surface area contributed by atoms with Crippen molar-refractivity contribution in [2.45, 2.75) is 40.2 Å². The summed E-state index contributed by atoms with van der Waals surface area (Å²) in [5.41, 5.74) is 7.00. The van der Waals surface area contributed by atoms with Gasteiger partial charge in [0.15, 0.2) is 0 Å². The molecule has 1 aromatic heterocycles. The maximum atomic E-state index is 11.8. The molecule has 3 nitrogen and oxygen atoms in total. The highest BCUT2D eigenvalue weighted by Crippen LogP contribution is 2.08. The zero-order chi connectivity index (χ0) is 11.4. The van der Waals surface area contributed by atoms with Crippen LogP contribution < -0.4 is 11.3 Å². The second-order valence-corrected chi connectivity index (χ2v) is 4.33. The van der Waals surface area contributed by atoms with Crippen LogP contribution >= 0.6 is 0 Å². The summed E-state index contributed by atoms with van der Waals surface area (Å²) in [4.78, 5) is 11.8. The Hall–Kier alpha value is -1.25. The van der Waals surface area contributed by atoms with Crippen LogP contribution in [0.4, 0.5) is 5.69 Å². The van der Waals surface area contributed by atoms with Crippen LogP contribution in [-0.4, -0.2) is 4.57 Å². The fourth-order valence-electron chi connectivity index (χ4n) is 1.70. The summed E-state index contributed by atoms with van der Waals surface area (Å²) in [5.74, 6) is 0.552. The van der Waals surface area contributed by atoms with Gasteiger partial charge >= 0.3 is 0 Å². The quantitative estimate of drug-likeness (QED) is 0.823. The number of hydrogen-bond acceptors (Lipinski definition) is 2. The zero-order valence-electron chi connectivity index (χ0n) is 9.79. The molecule has 0 aliphatic rings. The van der Waals surface area contributed by atoms with Gasteiger partial charge in [0.05, 0.1) is 5.69 Å². The average Bonchev–Trinajstić information content (AvgIpc) is 2.17. The minimum Gasteiger partial charge on any atom is -0.394 e. The lowest BCUT2D eigenvalue weighted by Gasteiger charge is -2.14. The smallest absolute Gasteiger partial charge is 0.273 e. The predicted molar refractivity (Wildman–Crippen MR) is 63.9 cm³/mol. The summed E-state index contributed by atoms with van der Waals surface area (Å²) in [7, 11) is 0. The van der Waals surface area contributed by atoms with E-state index in [4.69, 9.17) is 5.73 Å². The summed E-state index contributed by atoms with van der Waals surface area (Å²) in [6.07, 6.45) is 1.88. The molecule has 2 N–H and O–H groups in total. The molecule has 0 amide bonds. The van der Waals surface area contributed by atoms with Crippen LogP contribution in [-0.2, 0) is 13.0 Å². The summed E-state index contributed by atoms with van der Waals surface area (Å²) in [6, 6.07) is 3.68. The van der Waals surface area contributed by atoms with E-state index in [0.29, 0.717) is 11.6 Å². The Balaban J connectivity index is 3.14. The fraction of sp³-hybridized carbons (Fsp3) is 0.583. The maximum absolute atomic E-state index is 11.8. The molecule has 0 aliphatic heterocycles. The molecule has 0 radical (unpaired) electrons. The summed E-state index contributed by atoms with van der Waals surface area (Å²) in [6.45, 7) is 7.12. The molecule has 0 bridgehead atoms. The lowest BCUT2D eigenvalue weighted by atomic mass is 10.1. The standard InChI is InChI=1S/C12H20N2O/c1-4-7-14-10(8-9(2)3)5-6-11(13)12(14)15/h5-6,9H,4,7-8,13H2,1-3H3. The van der Waals surface area contributed by atoms with E-state index in [-0.39, 0.29) is 5.56 Å². The van der Waals surface area contributed by atoms with Crippen LogP contribution in [0.25, 0.3) is 0 Å². The Kier molecular flexibility index (Phi) is 3.95. The van der Waals surface area contributed by atoms with Crippen molar-refractivity contribution in [1.29, 1.82) is 0 Å². The summed E-state index contributed by atoms with van der Waals surface area (Å²) >= 11 is 0. The minimum atomic E-state index is -0.0463. The molecule has 0 saturated carbocycles. The van der Waals surface area contributed by atoms with Crippen LogP contribution in [0.3, 0.4) is 0 Å². The van der Waals surface area contributed by atoms with Crippen molar-refractivity contribution < 1.29 is 0 Å². The molecule has 0 aliphatic carbocycles. The maximum Gasteiger partial charge on any atom is 0.273 e. The SMILES string of the molecule is CCCn1c(CC(C)C)ccc(N)c1=O. The molecule has 0 aromatic carbocycles. The van der Waals surface area contributed by atoms with Crippen molar-refractivity contribution in [2.75, 3.05) is 5.73 Å². The second kappa shape index (κ2) is 5.01. The van der Waals surface area contributed by atoms with Gasteiger partial charge < -0.3 is 10.3 Å². The Labute approximate surface area is 90.9 Å². The van der Waals surface area contributed by atoms with Crippen LogP contribution in [0.2, 0.25) is 0 Å². The molecule has 1 heterocycles. The van der Waals surface area contributed by atoms with Crippen LogP contribution in [0.5, 0.6) is 0 Å². The first-order valence-corrected chi connectivity index (χ1v) is 5.54. The van der Waals surface area contributed by atoms with Crippen LogP contribution in [0.15, 0.2) is 16.9 Å². The molecule has 1 aromatic rings. The number of hydrogen-bond donors (Lipinski definition) is 1. The molecule has 3 heteroatoms. The van der Waals surface area contributed by atoms with E-state index in [9.17, 15) is 4.79 Å². The third kappa shape index (κ3) is 2.85. The highest BCUT2D eigenvalue weighted by Gasteiger charge is 2.07. The highest BCUT2D eigenvalue weighted by molar-refractivity contribution is 5.35. The minimum absolute atomic E-state index is 0.0463. The third-order valence-corrected chi connectivity index (χ3v) is 2.36. The number of nitrogens with two attached hydrogens (primary N) is 1. The van der Waals surface area contributed by atoms with E-state index in [1.165, 1.54) is 0 Å². The molecule has 0 fully saturated rings. The average molecular weight is 208 g/mol. The highest BCUT2D eigenvalue weighted by atomic mass is 16.1. The van der Waals surface area contributed by atoms with Crippen molar-refractivity contribution in [3.8, 4) is 0 Å². The molecule has 0 spiro atoms. The van der Waals surface area contributed by atoms with Gasteiger partial charge in [0.25, 0.3) is 5.56 Å². The van der Waals surface area contributed by atoms with E-state index in [0.717, 1.165) is 25.1 Å². The Morgan fingerprint density at radius 1 is 1.40 bits per heavy atom. The zero-order valence-corrected chi connectivity index (χ0v) is 9.79. The van der Waals surface area contributed by atoms with Gasteiger partial charge in [-0.2, -0.15) is 0 Å². The summed E-state index contributed by atoms with van der Waals surface area (Å²) < 4.78 is 1.80. The number of nitrogen functional groups attached to an aromatic ring is 1. The first-order chi connectivity index (χ1) is 7.06. The monoisotopic (exact) mass is 208 g/mol. The van der Waals surface area contributed by atoms with E-state index >= 15 is 0 Å². The topological polar surface area (TPSA) is 48.0 Å². The first-order valence-electron chi connectivity index (χ1n) is 5.54. The molecule has 0 atom stereocenters. The normalized spacial score (nSPS) is 10.9. The Bertz CT molecular complexity index is 380. The van der Waals surface area contributed by atoms with Gasteiger partial charge in [-0.25, -0.2) is 0 Å². The number of nitrogens with zero attached hydrogens (tertiary/aromatic N) is 1. The molecule has 84 valence electrons. The largest absolute Gasteiger partial charge is 0.394 e. The van der Waals surface area contributed by atoms with E-state index < -0.39 is 0 Å². The lowest BCUT2D eigenvalue weighted by Crippen LogP contribution is -2.26. The van der Waals surface area contributed by atoms with Crippen molar-refractivity contribution in [3.05, 3.63) is 28.2 Å². The molecule has 15 heavy (non-hydrogen) atoms. The van der Waals surface area contributed by atoms with Crippen molar-refractivity contribution in [2.24, 2.45) is 5.92 Å². The molecular weight excluding hydrogens is 188 g/mol. The Morgan fingerprint density at radius 2 is 2.07 bits per heavy atom. The molecule has 0 saturated heterocycles. The van der Waals surface area contributed by atoms with Crippen LogP contribution in [0, 0.1) is 5.92 Å². The number of anilines is 1. The van der Waals surface area contributed by atoms with Crippen molar-refractivity contribution in [1.82, 2.24) is 4.57 Å². The predicted octanol–water partition coefficient (Wildman–Crippen LogP) is 2.04. The van der Waals surface area contributed by atoms with Gasteiger partial charge in [0, 0.05) is 12.2 Å². The van der Waals surface area contributed by atoms with Gasteiger partial charge in [0.2, 0.25) is 0 Å². The lowest BCUT2D eigenvalue weighted by molar-refractivity contribution is 0.563. The number of rotatable bonds is 4. The number of aromatic nitrogens is 1. The molecular formula is C12H20N2O.